The van der Waals surface area contributed by atoms with E-state index in [0.29, 0.717) is 5.92 Å². The van der Waals surface area contributed by atoms with E-state index in [4.69, 9.17) is 10.00 Å². The molecule has 6 unspecified atom stereocenters. The normalized spacial score (nSPS) is 34.6. The van der Waals surface area contributed by atoms with Crippen LogP contribution in [0.2, 0.25) is 0 Å². The van der Waals surface area contributed by atoms with Gasteiger partial charge in [0.15, 0.2) is 0 Å². The number of hydrogen-bond acceptors (Lipinski definition) is 3. The molecule has 0 N–H and O–H groups in total. The van der Waals surface area contributed by atoms with E-state index in [2.05, 4.69) is 6.92 Å². The van der Waals surface area contributed by atoms with Crippen LogP contribution in [0, 0.1) is 52.7 Å². The first kappa shape index (κ1) is 19.4. The molecule has 3 nitrogen and oxygen atoms in total. The molecular weight excluding hydrogens is 353 g/mol. The predicted molar refractivity (Wildman–Crippen MR) is 105 cm³/mol. The van der Waals surface area contributed by atoms with Crippen LogP contribution in [0.15, 0.2) is 18.2 Å². The number of halogens is 1. The van der Waals surface area contributed by atoms with E-state index in [9.17, 15) is 9.18 Å². The number of benzene rings is 1. The summed E-state index contributed by atoms with van der Waals surface area (Å²) in [6.45, 7) is 2.33. The van der Waals surface area contributed by atoms with Crippen molar-refractivity contribution in [3.05, 3.63) is 29.6 Å². The molecule has 0 aliphatic heterocycles. The van der Waals surface area contributed by atoms with Gasteiger partial charge in [0.2, 0.25) is 0 Å². The molecular formula is C24H30FNO2. The second-order valence-corrected chi connectivity index (χ2v) is 9.20. The number of nitrogens with zero attached hydrogens (tertiary/aromatic N) is 1. The molecule has 1 aromatic carbocycles. The summed E-state index contributed by atoms with van der Waals surface area (Å²) in [5.41, 5.74) is -0.0325. The molecule has 4 heteroatoms. The molecule has 3 aliphatic rings. The van der Waals surface area contributed by atoms with Crippen LogP contribution in [-0.4, -0.2) is 5.97 Å². The first-order chi connectivity index (χ1) is 13.6. The number of fused-ring (bicyclic) bond motifs is 3. The predicted octanol–water partition coefficient (Wildman–Crippen LogP) is 5.87. The maximum atomic E-state index is 13.8. The smallest absolute Gasteiger partial charge is 0.314 e. The third-order valence-electron chi connectivity index (χ3n) is 7.84. The van der Waals surface area contributed by atoms with Crippen LogP contribution in [-0.2, 0) is 4.79 Å². The van der Waals surface area contributed by atoms with E-state index in [1.54, 1.807) is 6.07 Å². The lowest BCUT2D eigenvalue weighted by Crippen LogP contribution is -2.42. The Morgan fingerprint density at radius 1 is 1.11 bits per heavy atom. The average molecular weight is 384 g/mol. The first-order valence-corrected chi connectivity index (χ1v) is 11.0. The Hall–Kier alpha value is -1.89. The van der Waals surface area contributed by atoms with Crippen LogP contribution in [0.25, 0.3) is 0 Å². The molecule has 0 aromatic heterocycles. The zero-order valence-electron chi connectivity index (χ0n) is 16.7. The number of hydrogen-bond donors (Lipinski definition) is 0. The molecule has 0 spiro atoms. The molecule has 28 heavy (non-hydrogen) atoms. The standard InChI is InChI=1S/C24H30FNO2/c1-2-15-3-9-21-16(11-15)4-5-17-12-18(7-10-22(17)21)24(27)28-20-8-6-19(14-26)23(25)13-20/h6,8,13,15-18,21-22H,2-5,7,9-12H2,1H3. The minimum atomic E-state index is -0.641. The van der Waals surface area contributed by atoms with E-state index in [1.165, 1.54) is 50.7 Å². The number of carbonyl (C=O) groups excluding carboxylic acids is 1. The maximum Gasteiger partial charge on any atom is 0.314 e. The summed E-state index contributed by atoms with van der Waals surface area (Å²) >= 11 is 0. The summed E-state index contributed by atoms with van der Waals surface area (Å²) in [6, 6.07) is 5.79. The van der Waals surface area contributed by atoms with Crippen LogP contribution in [0.5, 0.6) is 5.75 Å². The van der Waals surface area contributed by atoms with Crippen molar-refractivity contribution in [3.63, 3.8) is 0 Å². The van der Waals surface area contributed by atoms with Crippen molar-refractivity contribution >= 4 is 5.97 Å². The van der Waals surface area contributed by atoms with Gasteiger partial charge in [0.25, 0.3) is 0 Å². The number of carbonyl (C=O) groups is 1. The summed E-state index contributed by atoms with van der Waals surface area (Å²) in [4.78, 5) is 12.7. The molecule has 150 valence electrons. The van der Waals surface area contributed by atoms with E-state index in [0.717, 1.165) is 49.0 Å². The van der Waals surface area contributed by atoms with Crippen LogP contribution in [0.4, 0.5) is 4.39 Å². The fourth-order valence-electron chi connectivity index (χ4n) is 6.33. The van der Waals surface area contributed by atoms with Crippen molar-refractivity contribution in [1.29, 1.82) is 5.26 Å². The van der Waals surface area contributed by atoms with Crippen LogP contribution in [0.3, 0.4) is 0 Å². The Bertz CT molecular complexity index is 770. The van der Waals surface area contributed by atoms with Gasteiger partial charge < -0.3 is 4.74 Å². The Kier molecular flexibility index (Phi) is 5.71. The van der Waals surface area contributed by atoms with Crippen LogP contribution < -0.4 is 4.74 Å². The van der Waals surface area contributed by atoms with Crippen molar-refractivity contribution in [2.24, 2.45) is 35.5 Å². The van der Waals surface area contributed by atoms with E-state index in [-0.39, 0.29) is 23.2 Å². The minimum Gasteiger partial charge on any atom is -0.426 e. The number of nitriles is 1. The fourth-order valence-corrected chi connectivity index (χ4v) is 6.33. The van der Waals surface area contributed by atoms with Gasteiger partial charge in [-0.25, -0.2) is 4.39 Å². The van der Waals surface area contributed by atoms with Gasteiger partial charge in [-0.1, -0.05) is 19.8 Å². The Morgan fingerprint density at radius 3 is 2.50 bits per heavy atom. The summed E-state index contributed by atoms with van der Waals surface area (Å²) in [6.07, 6.45) is 11.0. The van der Waals surface area contributed by atoms with E-state index < -0.39 is 5.82 Å². The summed E-state index contributed by atoms with van der Waals surface area (Å²) < 4.78 is 19.2. The monoisotopic (exact) mass is 383 g/mol. The molecule has 0 heterocycles. The summed E-state index contributed by atoms with van der Waals surface area (Å²) in [5, 5.41) is 8.82. The van der Waals surface area contributed by atoms with E-state index >= 15 is 0 Å². The number of rotatable bonds is 3. The quantitative estimate of drug-likeness (QED) is 0.484. The van der Waals surface area contributed by atoms with Gasteiger partial charge in [0.05, 0.1) is 11.5 Å². The molecule has 0 saturated heterocycles. The first-order valence-electron chi connectivity index (χ1n) is 11.0. The number of ether oxygens (including phenoxy) is 1. The molecule has 0 amide bonds. The van der Waals surface area contributed by atoms with Gasteiger partial charge in [-0.15, -0.1) is 0 Å². The average Bonchev–Trinajstić information content (AvgIpc) is 2.72. The molecule has 0 radical (unpaired) electrons. The third kappa shape index (κ3) is 3.81. The summed E-state index contributed by atoms with van der Waals surface area (Å²) in [5.74, 6) is 3.37. The topological polar surface area (TPSA) is 50.1 Å². The lowest BCUT2D eigenvalue weighted by Gasteiger charge is -2.50. The highest BCUT2D eigenvalue weighted by Crippen LogP contribution is 2.53. The fraction of sp³-hybridized carbons (Fsp3) is 0.667. The molecule has 3 saturated carbocycles. The van der Waals surface area contributed by atoms with Gasteiger partial charge in [-0.3, -0.25) is 4.79 Å². The lowest BCUT2D eigenvalue weighted by molar-refractivity contribution is -0.142. The lowest BCUT2D eigenvalue weighted by atomic mass is 9.55. The van der Waals surface area contributed by atoms with E-state index in [1.807, 2.05) is 0 Å². The third-order valence-corrected chi connectivity index (χ3v) is 7.84. The second kappa shape index (κ2) is 8.23. The van der Waals surface area contributed by atoms with Crippen LogP contribution >= 0.6 is 0 Å². The highest BCUT2D eigenvalue weighted by Gasteiger charge is 2.45. The van der Waals surface area contributed by atoms with Gasteiger partial charge in [0, 0.05) is 6.07 Å². The highest BCUT2D eigenvalue weighted by atomic mass is 19.1. The zero-order chi connectivity index (χ0) is 19.7. The Morgan fingerprint density at radius 2 is 1.82 bits per heavy atom. The highest BCUT2D eigenvalue weighted by molar-refractivity contribution is 5.75. The van der Waals surface area contributed by atoms with Crippen LogP contribution in [0.1, 0.15) is 70.3 Å². The van der Waals surface area contributed by atoms with Gasteiger partial charge in [0.1, 0.15) is 17.6 Å². The molecule has 3 fully saturated rings. The van der Waals surface area contributed by atoms with Crippen molar-refractivity contribution < 1.29 is 13.9 Å². The maximum absolute atomic E-state index is 13.8. The molecule has 1 aromatic rings. The summed E-state index contributed by atoms with van der Waals surface area (Å²) in [7, 11) is 0. The van der Waals surface area contributed by atoms with Crippen molar-refractivity contribution in [2.45, 2.75) is 64.7 Å². The molecule has 0 bridgehead atoms. The Labute approximate surface area is 167 Å². The van der Waals surface area contributed by atoms with Gasteiger partial charge in [-0.05, 0) is 86.7 Å². The van der Waals surface area contributed by atoms with Gasteiger partial charge >= 0.3 is 5.97 Å². The van der Waals surface area contributed by atoms with Crippen molar-refractivity contribution in [1.82, 2.24) is 0 Å². The molecule has 6 atom stereocenters. The Balaban J connectivity index is 1.36. The molecule has 3 aliphatic carbocycles. The van der Waals surface area contributed by atoms with Crippen molar-refractivity contribution in [2.75, 3.05) is 0 Å². The minimum absolute atomic E-state index is 0.0325. The zero-order valence-corrected chi connectivity index (χ0v) is 16.7. The number of esters is 1. The molecule has 4 rings (SSSR count). The SMILES string of the molecule is CCC1CCC2C(CCC3CC(C(=O)Oc4ccc(C#N)c(F)c4)CCC32)C1. The van der Waals surface area contributed by atoms with Gasteiger partial charge in [-0.2, -0.15) is 5.26 Å². The second-order valence-electron chi connectivity index (χ2n) is 9.20. The largest absolute Gasteiger partial charge is 0.426 e. The van der Waals surface area contributed by atoms with Crippen molar-refractivity contribution in [3.8, 4) is 11.8 Å².